The monoisotopic (exact) mass is 328 g/mol. The smallest absolute Gasteiger partial charge is 0.243 e. The largest absolute Gasteiger partial charge is 0.337 e. The number of hydrogen-bond donors (Lipinski definition) is 0. The average molecular weight is 329 g/mol. The van der Waals surface area contributed by atoms with Crippen molar-refractivity contribution in [2.75, 3.05) is 13.1 Å². The van der Waals surface area contributed by atoms with Crippen molar-refractivity contribution in [3.05, 3.63) is 29.3 Å². The molecule has 0 bridgehead atoms. The van der Waals surface area contributed by atoms with Crippen molar-refractivity contribution in [3.63, 3.8) is 0 Å². The molecule has 21 heavy (non-hydrogen) atoms. The quantitative estimate of drug-likeness (QED) is 0.830. The summed E-state index contributed by atoms with van der Waals surface area (Å²) < 4.78 is 26.8. The maximum absolute atomic E-state index is 12.8. The Morgan fingerprint density at radius 1 is 1.24 bits per heavy atom. The van der Waals surface area contributed by atoms with E-state index in [4.69, 9.17) is 11.6 Å². The number of carbonyl (C=O) groups excluding carboxylic acids is 1. The number of sulfonamides is 1. The summed E-state index contributed by atoms with van der Waals surface area (Å²) in [6.07, 6.45) is 1.81. The molecule has 0 unspecified atom stereocenters. The average Bonchev–Trinajstić information content (AvgIpc) is 2.91. The minimum atomic E-state index is -3.67. The number of fused-ring (bicyclic) bond motifs is 1. The van der Waals surface area contributed by atoms with Crippen LogP contribution < -0.4 is 0 Å². The van der Waals surface area contributed by atoms with Crippen molar-refractivity contribution in [2.24, 2.45) is 0 Å². The Morgan fingerprint density at radius 2 is 1.90 bits per heavy atom. The van der Waals surface area contributed by atoms with Gasteiger partial charge in [-0.05, 0) is 44.0 Å². The van der Waals surface area contributed by atoms with Crippen LogP contribution in [0.1, 0.15) is 19.8 Å². The number of carbonyl (C=O) groups is 1. The van der Waals surface area contributed by atoms with Gasteiger partial charge in [-0.15, -0.1) is 0 Å². The van der Waals surface area contributed by atoms with Gasteiger partial charge in [-0.25, -0.2) is 8.42 Å². The minimum Gasteiger partial charge on any atom is -0.337 e. The summed E-state index contributed by atoms with van der Waals surface area (Å²) >= 11 is 5.80. The molecule has 0 N–H and O–H groups in total. The predicted molar refractivity (Wildman–Crippen MR) is 79.5 cm³/mol. The molecule has 0 saturated carbocycles. The van der Waals surface area contributed by atoms with E-state index in [1.807, 2.05) is 4.90 Å². The second-order valence-electron chi connectivity index (χ2n) is 5.53. The van der Waals surface area contributed by atoms with Crippen LogP contribution in [-0.4, -0.2) is 48.7 Å². The zero-order chi connectivity index (χ0) is 15.2. The van der Waals surface area contributed by atoms with Gasteiger partial charge in [0.2, 0.25) is 15.9 Å². The summed E-state index contributed by atoms with van der Waals surface area (Å²) in [6, 6.07) is 5.42. The lowest BCUT2D eigenvalue weighted by molar-refractivity contribution is -0.139. The van der Waals surface area contributed by atoms with Crippen molar-refractivity contribution >= 4 is 27.5 Å². The highest BCUT2D eigenvalue weighted by Gasteiger charge is 2.45. The Morgan fingerprint density at radius 3 is 2.57 bits per heavy atom. The van der Waals surface area contributed by atoms with Crippen molar-refractivity contribution in [1.82, 2.24) is 9.21 Å². The van der Waals surface area contributed by atoms with Crippen LogP contribution in [-0.2, 0) is 14.8 Å². The summed E-state index contributed by atoms with van der Waals surface area (Å²) in [5, 5.41) is 0.485. The van der Waals surface area contributed by atoms with Crippen LogP contribution in [0.5, 0.6) is 0 Å². The van der Waals surface area contributed by atoms with Crippen LogP contribution in [0.2, 0.25) is 5.02 Å². The van der Waals surface area contributed by atoms with Gasteiger partial charge in [0.1, 0.15) is 6.04 Å². The van der Waals surface area contributed by atoms with Crippen molar-refractivity contribution in [3.8, 4) is 0 Å². The van der Waals surface area contributed by atoms with Gasteiger partial charge >= 0.3 is 0 Å². The lowest BCUT2D eigenvalue weighted by Crippen LogP contribution is -2.59. The number of amides is 1. The fourth-order valence-corrected chi connectivity index (χ4v) is 4.84. The van der Waals surface area contributed by atoms with Crippen LogP contribution in [0.25, 0.3) is 0 Å². The molecular formula is C14H17ClN2O3S. The molecule has 114 valence electrons. The van der Waals surface area contributed by atoms with Crippen LogP contribution in [0, 0.1) is 0 Å². The minimum absolute atomic E-state index is 0.00998. The molecule has 0 aromatic heterocycles. The first-order chi connectivity index (χ1) is 9.91. The standard InChI is InChI=1S/C14H17ClN2O3S/c1-10-14(18)16-8-2-3-12(16)9-17(10)21(19,20)13-6-4-11(15)5-7-13/h4-7,10,12H,2-3,8-9H2,1H3/t10-,12+/m0/s1. The van der Waals surface area contributed by atoms with E-state index in [9.17, 15) is 13.2 Å². The fraction of sp³-hybridized carbons (Fsp3) is 0.500. The van der Waals surface area contributed by atoms with Gasteiger partial charge in [0.05, 0.1) is 4.90 Å². The molecule has 1 aromatic rings. The Hall–Kier alpha value is -1.11. The third-order valence-corrected chi connectivity index (χ3v) is 6.46. The van der Waals surface area contributed by atoms with Gasteiger partial charge in [0.25, 0.3) is 0 Å². The Balaban J connectivity index is 1.94. The zero-order valence-corrected chi connectivity index (χ0v) is 13.3. The van der Waals surface area contributed by atoms with E-state index < -0.39 is 16.1 Å². The van der Waals surface area contributed by atoms with Gasteiger partial charge in [0.15, 0.2) is 0 Å². The molecule has 5 nitrogen and oxygen atoms in total. The Kier molecular flexibility index (Phi) is 3.71. The summed E-state index contributed by atoms with van der Waals surface area (Å²) in [6.45, 7) is 2.77. The van der Waals surface area contributed by atoms with Crippen LogP contribution in [0.15, 0.2) is 29.2 Å². The van der Waals surface area contributed by atoms with Gasteiger partial charge < -0.3 is 4.90 Å². The second-order valence-corrected chi connectivity index (χ2v) is 7.86. The fourth-order valence-electron chi connectivity index (χ4n) is 3.09. The lowest BCUT2D eigenvalue weighted by atomic mass is 10.1. The van der Waals surface area contributed by atoms with Gasteiger partial charge in [0, 0.05) is 24.2 Å². The molecule has 0 radical (unpaired) electrons. The van der Waals surface area contributed by atoms with Gasteiger partial charge in [-0.3, -0.25) is 4.79 Å². The molecular weight excluding hydrogens is 312 g/mol. The number of nitrogens with zero attached hydrogens (tertiary/aromatic N) is 2. The van der Waals surface area contributed by atoms with E-state index in [1.165, 1.54) is 16.4 Å². The number of piperazine rings is 1. The van der Waals surface area contributed by atoms with E-state index in [0.717, 1.165) is 19.4 Å². The summed E-state index contributed by atoms with van der Waals surface area (Å²) in [5.41, 5.74) is 0. The normalized spacial score (nSPS) is 27.0. The van der Waals surface area contributed by atoms with Crippen molar-refractivity contribution in [1.29, 1.82) is 0 Å². The maximum Gasteiger partial charge on any atom is 0.243 e. The molecule has 2 aliphatic heterocycles. The lowest BCUT2D eigenvalue weighted by Gasteiger charge is -2.40. The van der Waals surface area contributed by atoms with E-state index >= 15 is 0 Å². The van der Waals surface area contributed by atoms with Crippen LogP contribution in [0.3, 0.4) is 0 Å². The predicted octanol–water partition coefficient (Wildman–Crippen LogP) is 1.72. The molecule has 2 aliphatic rings. The highest BCUT2D eigenvalue weighted by atomic mass is 35.5. The molecule has 2 saturated heterocycles. The zero-order valence-electron chi connectivity index (χ0n) is 11.7. The van der Waals surface area contributed by atoms with E-state index in [1.54, 1.807) is 19.1 Å². The van der Waals surface area contributed by atoms with Gasteiger partial charge in [-0.2, -0.15) is 4.31 Å². The molecule has 3 rings (SSSR count). The molecule has 1 aromatic carbocycles. The number of rotatable bonds is 2. The number of benzene rings is 1. The van der Waals surface area contributed by atoms with Crippen LogP contribution in [0.4, 0.5) is 0 Å². The van der Waals surface area contributed by atoms with E-state index in [-0.39, 0.29) is 16.8 Å². The third-order valence-electron chi connectivity index (χ3n) is 4.26. The van der Waals surface area contributed by atoms with E-state index in [0.29, 0.717) is 11.6 Å². The van der Waals surface area contributed by atoms with Crippen LogP contribution >= 0.6 is 11.6 Å². The van der Waals surface area contributed by atoms with Crippen molar-refractivity contribution < 1.29 is 13.2 Å². The van der Waals surface area contributed by atoms with E-state index in [2.05, 4.69) is 0 Å². The third kappa shape index (κ3) is 2.45. The number of hydrogen-bond acceptors (Lipinski definition) is 3. The second kappa shape index (κ2) is 5.26. The molecule has 2 heterocycles. The molecule has 7 heteroatoms. The molecule has 0 aliphatic carbocycles. The first kappa shape index (κ1) is 14.8. The highest BCUT2D eigenvalue weighted by Crippen LogP contribution is 2.30. The Labute approximate surface area is 129 Å². The summed E-state index contributed by atoms with van der Waals surface area (Å²) in [7, 11) is -3.67. The molecule has 1 amide bonds. The molecule has 2 fully saturated rings. The summed E-state index contributed by atoms with van der Waals surface area (Å²) in [4.78, 5) is 14.3. The highest BCUT2D eigenvalue weighted by molar-refractivity contribution is 7.89. The molecule has 2 atom stereocenters. The van der Waals surface area contributed by atoms with Gasteiger partial charge in [-0.1, -0.05) is 11.6 Å². The Bertz CT molecular complexity index is 659. The van der Waals surface area contributed by atoms with Crippen molar-refractivity contribution in [2.45, 2.75) is 36.7 Å². The first-order valence-corrected chi connectivity index (χ1v) is 8.81. The maximum atomic E-state index is 12.8. The summed E-state index contributed by atoms with van der Waals surface area (Å²) in [5.74, 6) is -0.0960. The molecule has 0 spiro atoms. The first-order valence-electron chi connectivity index (χ1n) is 6.99. The SMILES string of the molecule is C[C@H]1C(=O)N2CCC[C@@H]2CN1S(=O)(=O)c1ccc(Cl)cc1. The topological polar surface area (TPSA) is 57.7 Å². The number of halogens is 1.